The van der Waals surface area contributed by atoms with Gasteiger partial charge in [0.05, 0.1) is 12.2 Å². The number of hydrogen-bond acceptors (Lipinski definition) is 4. The second kappa shape index (κ2) is 10.4. The minimum atomic E-state index is -0.132. The molecule has 154 valence electrons. The summed E-state index contributed by atoms with van der Waals surface area (Å²) in [5.41, 5.74) is 0.0876. The number of fused-ring (bicyclic) bond motifs is 1. The third kappa shape index (κ3) is 5.43. The Balaban J connectivity index is 2.13. The van der Waals surface area contributed by atoms with Crippen molar-refractivity contribution in [3.05, 3.63) is 0 Å². The average molecular weight is 370 g/mol. The van der Waals surface area contributed by atoms with E-state index in [2.05, 4.69) is 32.8 Å². The van der Waals surface area contributed by atoms with Crippen molar-refractivity contribution in [2.24, 2.45) is 11.8 Å². The summed E-state index contributed by atoms with van der Waals surface area (Å²) >= 11 is 0. The van der Waals surface area contributed by atoms with E-state index >= 15 is 0 Å². The molecular weight excluding hydrogens is 326 g/mol. The molecular formula is C22H43NO3. The first-order valence-corrected chi connectivity index (χ1v) is 11.2. The lowest BCUT2D eigenvalue weighted by atomic mass is 9.67. The molecule has 4 nitrogen and oxygen atoms in total. The fraction of sp³-hybridized carbons (Fsp3) is 1.00. The number of aliphatic hydroxyl groups excluding tert-OH is 2. The molecule has 1 aliphatic heterocycles. The maximum atomic E-state index is 10.2. The predicted octanol–water partition coefficient (Wildman–Crippen LogP) is 4.68. The van der Waals surface area contributed by atoms with Crippen molar-refractivity contribution in [2.45, 2.75) is 122 Å². The van der Waals surface area contributed by atoms with Gasteiger partial charge in [0, 0.05) is 18.2 Å². The number of hydrogen-bond donors (Lipinski definition) is 2. The van der Waals surface area contributed by atoms with E-state index in [1.807, 2.05) is 0 Å². The summed E-state index contributed by atoms with van der Waals surface area (Å²) in [6, 6.07) is 0.439. The summed E-state index contributed by atoms with van der Waals surface area (Å²) in [4.78, 5) is 6.77. The number of nitrogens with zero attached hydrogens (tertiary/aromatic N) is 1. The highest BCUT2D eigenvalue weighted by Crippen LogP contribution is 2.47. The Hall–Kier alpha value is -0.160. The van der Waals surface area contributed by atoms with Crippen LogP contribution < -0.4 is 0 Å². The molecule has 0 spiro atoms. The van der Waals surface area contributed by atoms with Gasteiger partial charge in [-0.15, -0.1) is 0 Å². The zero-order chi connectivity index (χ0) is 19.2. The van der Waals surface area contributed by atoms with E-state index in [0.29, 0.717) is 17.9 Å². The molecule has 2 N–H and O–H groups in total. The number of aliphatic hydroxyl groups is 2. The van der Waals surface area contributed by atoms with Gasteiger partial charge in [-0.25, -0.2) is 0 Å². The molecule has 26 heavy (non-hydrogen) atoms. The van der Waals surface area contributed by atoms with Crippen molar-refractivity contribution in [3.8, 4) is 0 Å². The first kappa shape index (κ1) is 22.1. The van der Waals surface area contributed by atoms with Crippen molar-refractivity contribution in [2.75, 3.05) is 6.61 Å². The summed E-state index contributed by atoms with van der Waals surface area (Å²) < 4.78 is 0. The van der Waals surface area contributed by atoms with Crippen molar-refractivity contribution in [3.63, 3.8) is 0 Å². The predicted molar refractivity (Wildman–Crippen MR) is 107 cm³/mol. The third-order valence-corrected chi connectivity index (χ3v) is 7.00. The fourth-order valence-corrected chi connectivity index (χ4v) is 5.24. The molecule has 0 aromatic rings. The van der Waals surface area contributed by atoms with Crippen molar-refractivity contribution >= 4 is 0 Å². The molecule has 0 aromatic heterocycles. The molecule has 0 bridgehead atoms. The Morgan fingerprint density at radius 1 is 1.15 bits per heavy atom. The van der Waals surface area contributed by atoms with Crippen LogP contribution >= 0.6 is 0 Å². The van der Waals surface area contributed by atoms with Gasteiger partial charge in [0.25, 0.3) is 0 Å². The third-order valence-electron chi connectivity index (χ3n) is 7.00. The van der Waals surface area contributed by atoms with Gasteiger partial charge in [0.2, 0.25) is 0 Å². The lowest BCUT2D eigenvalue weighted by molar-refractivity contribution is -0.310. The van der Waals surface area contributed by atoms with E-state index < -0.39 is 0 Å². The van der Waals surface area contributed by atoms with Gasteiger partial charge in [-0.2, -0.15) is 5.06 Å². The van der Waals surface area contributed by atoms with Gasteiger partial charge in [0.1, 0.15) is 0 Å². The molecule has 4 heteroatoms. The molecule has 1 aliphatic carbocycles. The fourth-order valence-electron chi connectivity index (χ4n) is 5.24. The van der Waals surface area contributed by atoms with E-state index in [1.54, 1.807) is 0 Å². The molecule has 1 saturated heterocycles. The zero-order valence-electron chi connectivity index (χ0n) is 17.6. The molecule has 1 heterocycles. The normalized spacial score (nSPS) is 36.7. The van der Waals surface area contributed by atoms with E-state index in [1.165, 1.54) is 12.8 Å². The van der Waals surface area contributed by atoms with Gasteiger partial charge in [0.15, 0.2) is 0 Å². The maximum Gasteiger partial charge on any atom is 0.0793 e. The highest BCUT2D eigenvalue weighted by Gasteiger charge is 2.50. The number of rotatable bonds is 10. The molecule has 6 atom stereocenters. The minimum Gasteiger partial charge on any atom is -0.396 e. The van der Waals surface area contributed by atoms with Crippen LogP contribution in [0.15, 0.2) is 0 Å². The van der Waals surface area contributed by atoms with Crippen molar-refractivity contribution in [1.82, 2.24) is 5.06 Å². The SMILES string of the molecule is CCCCC(CCCCO)ON1C2CCC(O)CC2C(C)CC1(C)CC. The van der Waals surface area contributed by atoms with Crippen LogP contribution in [0.25, 0.3) is 0 Å². The second-order valence-corrected chi connectivity index (χ2v) is 9.14. The molecule has 6 unspecified atom stereocenters. The monoisotopic (exact) mass is 369 g/mol. The second-order valence-electron chi connectivity index (χ2n) is 9.14. The average Bonchev–Trinajstić information content (AvgIpc) is 2.63. The van der Waals surface area contributed by atoms with Crippen LogP contribution in [-0.4, -0.2) is 45.7 Å². The summed E-state index contributed by atoms with van der Waals surface area (Å²) in [6.45, 7) is 9.54. The first-order chi connectivity index (χ1) is 12.4. The van der Waals surface area contributed by atoms with Gasteiger partial charge < -0.3 is 10.2 Å². The first-order valence-electron chi connectivity index (χ1n) is 11.2. The van der Waals surface area contributed by atoms with Gasteiger partial charge in [-0.05, 0) is 76.5 Å². The van der Waals surface area contributed by atoms with E-state index in [0.717, 1.165) is 57.8 Å². The van der Waals surface area contributed by atoms with Gasteiger partial charge in [-0.3, -0.25) is 4.84 Å². The molecule has 0 aromatic carbocycles. The van der Waals surface area contributed by atoms with Crippen LogP contribution in [0.3, 0.4) is 0 Å². The molecule has 2 rings (SSSR count). The van der Waals surface area contributed by atoms with Crippen LogP contribution in [0.5, 0.6) is 0 Å². The maximum absolute atomic E-state index is 10.2. The smallest absolute Gasteiger partial charge is 0.0793 e. The topological polar surface area (TPSA) is 52.9 Å². The molecule has 1 saturated carbocycles. The molecule has 2 aliphatic rings. The molecule has 2 fully saturated rings. The highest BCUT2D eigenvalue weighted by atomic mass is 16.7. The summed E-state index contributed by atoms with van der Waals surface area (Å²) in [6.07, 6.45) is 11.7. The number of piperidine rings is 1. The Labute approximate surface area is 161 Å². The van der Waals surface area contributed by atoms with E-state index in [9.17, 15) is 5.11 Å². The Kier molecular flexibility index (Phi) is 8.85. The van der Waals surface area contributed by atoms with Crippen LogP contribution in [0.2, 0.25) is 0 Å². The van der Waals surface area contributed by atoms with E-state index in [-0.39, 0.29) is 24.4 Å². The Bertz CT molecular complexity index is 405. The zero-order valence-corrected chi connectivity index (χ0v) is 17.6. The quantitative estimate of drug-likeness (QED) is 0.549. The van der Waals surface area contributed by atoms with Crippen LogP contribution in [0.1, 0.15) is 98.3 Å². The largest absolute Gasteiger partial charge is 0.396 e. The standard InChI is InChI=1S/C22H43NO3/c1-5-7-10-19(11-8-9-14-24)26-23-21-13-12-18(25)15-20(21)17(3)16-22(23,4)6-2/h17-21,24-25H,5-16H2,1-4H3. The lowest BCUT2D eigenvalue weighted by Gasteiger charge is -2.56. The summed E-state index contributed by atoms with van der Waals surface area (Å²) in [7, 11) is 0. The van der Waals surface area contributed by atoms with Gasteiger partial charge >= 0.3 is 0 Å². The van der Waals surface area contributed by atoms with Crippen molar-refractivity contribution in [1.29, 1.82) is 0 Å². The summed E-state index contributed by atoms with van der Waals surface area (Å²) in [5, 5.41) is 21.7. The molecule has 0 amide bonds. The number of unbranched alkanes of at least 4 members (excludes halogenated alkanes) is 2. The van der Waals surface area contributed by atoms with Crippen LogP contribution in [-0.2, 0) is 4.84 Å². The Morgan fingerprint density at radius 3 is 2.54 bits per heavy atom. The van der Waals surface area contributed by atoms with E-state index in [4.69, 9.17) is 9.94 Å². The van der Waals surface area contributed by atoms with Gasteiger partial charge in [-0.1, -0.05) is 33.6 Å². The Morgan fingerprint density at radius 2 is 1.88 bits per heavy atom. The minimum absolute atomic E-state index is 0.0876. The van der Waals surface area contributed by atoms with Crippen LogP contribution in [0, 0.1) is 11.8 Å². The van der Waals surface area contributed by atoms with Crippen molar-refractivity contribution < 1.29 is 15.1 Å². The van der Waals surface area contributed by atoms with Crippen LogP contribution in [0.4, 0.5) is 0 Å². The lowest BCUT2D eigenvalue weighted by Crippen LogP contribution is -2.62. The molecule has 0 radical (unpaired) electrons. The summed E-state index contributed by atoms with van der Waals surface area (Å²) in [5.74, 6) is 1.19. The highest BCUT2D eigenvalue weighted by molar-refractivity contribution is 4.99. The number of hydroxylamine groups is 2.